The maximum Gasteiger partial charge on any atom is 0.241 e. The van der Waals surface area contributed by atoms with Gasteiger partial charge in [-0.1, -0.05) is 12.1 Å². The van der Waals surface area contributed by atoms with E-state index in [4.69, 9.17) is 11.6 Å². The van der Waals surface area contributed by atoms with Crippen LogP contribution in [0, 0.1) is 12.7 Å². The van der Waals surface area contributed by atoms with E-state index in [-0.39, 0.29) is 17.6 Å². The first-order chi connectivity index (χ1) is 7.65. The molecule has 0 fully saturated rings. The van der Waals surface area contributed by atoms with Crippen LogP contribution in [0.1, 0.15) is 17.5 Å². The predicted molar refractivity (Wildman–Crippen MR) is 62.5 cm³/mol. The summed E-state index contributed by atoms with van der Waals surface area (Å²) in [6.45, 7) is 2.26. The fourth-order valence-electron chi connectivity index (χ4n) is 2.06. The zero-order valence-electron chi connectivity index (χ0n) is 9.09. The monoisotopic (exact) mass is 241 g/mol. The van der Waals surface area contributed by atoms with Crippen molar-refractivity contribution in [1.29, 1.82) is 0 Å². The summed E-state index contributed by atoms with van der Waals surface area (Å²) in [7, 11) is 0. The highest BCUT2D eigenvalue weighted by Gasteiger charge is 2.25. The third-order valence-corrected chi connectivity index (χ3v) is 3.13. The number of benzene rings is 1. The number of amides is 1. The molecule has 0 aliphatic carbocycles. The molecule has 0 unspecified atom stereocenters. The number of fused-ring (bicyclic) bond motifs is 1. The molecule has 2 rings (SSSR count). The normalized spacial score (nSPS) is 14.8. The zero-order valence-corrected chi connectivity index (χ0v) is 9.85. The van der Waals surface area contributed by atoms with Crippen molar-refractivity contribution in [3.63, 3.8) is 0 Å². The summed E-state index contributed by atoms with van der Waals surface area (Å²) in [6.07, 6.45) is 1.68. The number of anilines is 1. The number of hydrogen-bond acceptors (Lipinski definition) is 1. The van der Waals surface area contributed by atoms with Crippen LogP contribution in [0.25, 0.3) is 0 Å². The fraction of sp³-hybridized carbons (Fsp3) is 0.417. The number of halogens is 2. The van der Waals surface area contributed by atoms with Crippen LogP contribution in [0.5, 0.6) is 0 Å². The first kappa shape index (κ1) is 11.4. The van der Waals surface area contributed by atoms with Gasteiger partial charge in [0.1, 0.15) is 11.7 Å². The lowest BCUT2D eigenvalue weighted by Crippen LogP contribution is -2.37. The van der Waals surface area contributed by atoms with Crippen LogP contribution in [-0.2, 0) is 11.2 Å². The topological polar surface area (TPSA) is 20.3 Å². The largest absolute Gasteiger partial charge is 0.308 e. The smallest absolute Gasteiger partial charge is 0.241 e. The van der Waals surface area contributed by atoms with Crippen LogP contribution in [-0.4, -0.2) is 18.3 Å². The van der Waals surface area contributed by atoms with Crippen LogP contribution in [0.2, 0.25) is 0 Å². The highest BCUT2D eigenvalue weighted by Crippen LogP contribution is 2.31. The van der Waals surface area contributed by atoms with Crippen LogP contribution in [0.4, 0.5) is 10.1 Å². The third kappa shape index (κ3) is 1.80. The molecule has 1 amide bonds. The molecule has 16 heavy (non-hydrogen) atoms. The number of carbonyl (C=O) groups excluding carboxylic acids is 1. The number of nitrogens with zero attached hydrogens (tertiary/aromatic N) is 1. The minimum Gasteiger partial charge on any atom is -0.308 e. The number of hydrogen-bond donors (Lipinski definition) is 0. The molecular formula is C12H13ClFNO. The molecule has 0 N–H and O–H groups in total. The van der Waals surface area contributed by atoms with Gasteiger partial charge in [-0.25, -0.2) is 4.39 Å². The summed E-state index contributed by atoms with van der Waals surface area (Å²) in [6, 6.07) is 3.64. The van der Waals surface area contributed by atoms with Gasteiger partial charge in [-0.3, -0.25) is 4.79 Å². The molecule has 0 saturated carbocycles. The van der Waals surface area contributed by atoms with E-state index in [0.717, 1.165) is 18.4 Å². The van der Waals surface area contributed by atoms with E-state index in [2.05, 4.69) is 0 Å². The second-order valence-electron chi connectivity index (χ2n) is 3.99. The van der Waals surface area contributed by atoms with E-state index in [0.29, 0.717) is 17.8 Å². The predicted octanol–water partition coefficient (Wildman–Crippen LogP) is 2.65. The maximum atomic E-state index is 14.0. The fourth-order valence-corrected chi connectivity index (χ4v) is 2.20. The highest BCUT2D eigenvalue weighted by atomic mass is 35.5. The van der Waals surface area contributed by atoms with Crippen molar-refractivity contribution in [1.82, 2.24) is 0 Å². The van der Waals surface area contributed by atoms with E-state index in [1.165, 1.54) is 4.90 Å². The zero-order chi connectivity index (χ0) is 11.7. The molecule has 0 aromatic heterocycles. The van der Waals surface area contributed by atoms with Gasteiger partial charge in [0.25, 0.3) is 0 Å². The van der Waals surface area contributed by atoms with Gasteiger partial charge in [-0.05, 0) is 30.9 Å². The summed E-state index contributed by atoms with van der Waals surface area (Å²) in [5, 5.41) is 0. The van der Waals surface area contributed by atoms with E-state index in [1.807, 2.05) is 6.07 Å². The molecule has 0 atom stereocenters. The SMILES string of the molecule is Cc1ccc2c(c1F)N(C(=O)CCl)CCC2. The molecule has 0 spiro atoms. The Hall–Kier alpha value is -1.09. The Morgan fingerprint density at radius 3 is 3.00 bits per heavy atom. The lowest BCUT2D eigenvalue weighted by molar-refractivity contribution is -0.116. The Labute approximate surface area is 99.0 Å². The first-order valence-corrected chi connectivity index (χ1v) is 5.83. The van der Waals surface area contributed by atoms with Gasteiger partial charge in [0.2, 0.25) is 5.91 Å². The lowest BCUT2D eigenvalue weighted by atomic mass is 9.99. The number of alkyl halides is 1. The molecule has 86 valence electrons. The van der Waals surface area contributed by atoms with Gasteiger partial charge in [-0.2, -0.15) is 0 Å². The average molecular weight is 242 g/mol. The minimum absolute atomic E-state index is 0.104. The Morgan fingerprint density at radius 1 is 1.56 bits per heavy atom. The van der Waals surface area contributed by atoms with Crippen molar-refractivity contribution in [3.8, 4) is 0 Å². The van der Waals surface area contributed by atoms with E-state index in [1.54, 1.807) is 13.0 Å². The molecule has 1 aliphatic heterocycles. The van der Waals surface area contributed by atoms with Gasteiger partial charge in [0.05, 0.1) is 5.69 Å². The highest BCUT2D eigenvalue weighted by molar-refractivity contribution is 6.29. The van der Waals surface area contributed by atoms with E-state index < -0.39 is 0 Å². The van der Waals surface area contributed by atoms with Gasteiger partial charge < -0.3 is 4.90 Å². The van der Waals surface area contributed by atoms with Crippen molar-refractivity contribution >= 4 is 23.2 Å². The van der Waals surface area contributed by atoms with Crippen LogP contribution >= 0.6 is 11.6 Å². The average Bonchev–Trinajstić information content (AvgIpc) is 2.32. The molecule has 0 saturated heterocycles. The van der Waals surface area contributed by atoms with Crippen LogP contribution in [0.15, 0.2) is 12.1 Å². The van der Waals surface area contributed by atoms with Crippen molar-refractivity contribution in [2.75, 3.05) is 17.3 Å². The molecule has 0 radical (unpaired) electrons. The molecule has 2 nitrogen and oxygen atoms in total. The Balaban J connectivity index is 2.51. The second kappa shape index (κ2) is 4.42. The Kier molecular flexibility index (Phi) is 3.15. The van der Waals surface area contributed by atoms with Gasteiger partial charge in [-0.15, -0.1) is 11.6 Å². The lowest BCUT2D eigenvalue weighted by Gasteiger charge is -2.29. The molecule has 1 aromatic rings. The van der Waals surface area contributed by atoms with Gasteiger partial charge in [0, 0.05) is 6.54 Å². The Morgan fingerprint density at radius 2 is 2.31 bits per heavy atom. The summed E-state index contributed by atoms with van der Waals surface area (Å²) >= 11 is 5.53. The standard InChI is InChI=1S/C12H13ClFNO/c1-8-4-5-9-3-2-6-15(10(16)7-13)12(9)11(8)14/h4-5H,2-3,6-7H2,1H3. The van der Waals surface area contributed by atoms with Gasteiger partial charge in [0.15, 0.2) is 0 Å². The van der Waals surface area contributed by atoms with Crippen LogP contribution < -0.4 is 4.90 Å². The molecular weight excluding hydrogens is 229 g/mol. The molecule has 1 aromatic carbocycles. The quantitative estimate of drug-likeness (QED) is 0.693. The molecule has 1 aliphatic rings. The minimum atomic E-state index is -0.296. The van der Waals surface area contributed by atoms with Crippen molar-refractivity contribution in [3.05, 3.63) is 29.1 Å². The van der Waals surface area contributed by atoms with E-state index in [9.17, 15) is 9.18 Å². The van der Waals surface area contributed by atoms with Gasteiger partial charge >= 0.3 is 0 Å². The molecule has 4 heteroatoms. The molecule has 1 heterocycles. The van der Waals surface area contributed by atoms with E-state index >= 15 is 0 Å². The summed E-state index contributed by atoms with van der Waals surface area (Å²) in [4.78, 5) is 13.1. The Bertz CT molecular complexity index is 433. The first-order valence-electron chi connectivity index (χ1n) is 5.29. The summed E-state index contributed by atoms with van der Waals surface area (Å²) < 4.78 is 14.0. The van der Waals surface area contributed by atoms with Crippen molar-refractivity contribution < 1.29 is 9.18 Å². The number of aryl methyl sites for hydroxylation is 2. The summed E-state index contributed by atoms with van der Waals surface area (Å²) in [5.41, 5.74) is 1.89. The van der Waals surface area contributed by atoms with Crippen LogP contribution in [0.3, 0.4) is 0 Å². The van der Waals surface area contributed by atoms with Crippen molar-refractivity contribution in [2.45, 2.75) is 19.8 Å². The third-order valence-electron chi connectivity index (χ3n) is 2.91. The molecule has 0 bridgehead atoms. The van der Waals surface area contributed by atoms with Crippen molar-refractivity contribution in [2.24, 2.45) is 0 Å². The maximum absolute atomic E-state index is 14.0. The summed E-state index contributed by atoms with van der Waals surface area (Å²) in [5.74, 6) is -0.630. The second-order valence-corrected chi connectivity index (χ2v) is 4.25. The number of rotatable bonds is 1. The number of carbonyl (C=O) groups is 1.